The van der Waals surface area contributed by atoms with Gasteiger partial charge in [0.05, 0.1) is 20.2 Å². The Hall–Kier alpha value is -1.43. The van der Waals surface area contributed by atoms with Crippen molar-refractivity contribution in [1.29, 1.82) is 0 Å². The first kappa shape index (κ1) is 9.66. The van der Waals surface area contributed by atoms with Crippen LogP contribution < -0.4 is 5.32 Å². The molecule has 0 saturated carbocycles. The van der Waals surface area contributed by atoms with Crippen LogP contribution in [0.4, 0.5) is 0 Å². The highest BCUT2D eigenvalue weighted by atomic mass is 16.5. The Morgan fingerprint density at radius 2 is 2.00 bits per heavy atom. The molecule has 72 valence electrons. The molecule has 0 aliphatic carbocycles. The Balaban J connectivity index is 2.59. The fraction of sp³-hybridized carbons (Fsp3) is 0.571. The van der Waals surface area contributed by atoms with Crippen molar-refractivity contribution in [2.24, 2.45) is 0 Å². The van der Waals surface area contributed by atoms with E-state index in [2.05, 4.69) is 10.1 Å². The number of rotatable bonds is 2. The molecule has 1 aliphatic heterocycles. The summed E-state index contributed by atoms with van der Waals surface area (Å²) in [5.41, 5.74) is 0. The van der Waals surface area contributed by atoms with E-state index in [9.17, 15) is 14.4 Å². The number of nitrogens with zero attached hydrogens (tertiary/aromatic N) is 1. The molecule has 1 saturated heterocycles. The Morgan fingerprint density at radius 3 is 2.46 bits per heavy atom. The standard InChI is InChI=1S/C7H10N2O4/c1-13-7(12)4-9-5(10)2-8-3-6(9)11/h8H,2-4H2,1H3. The Kier molecular flexibility index (Phi) is 2.97. The number of carbonyl (C=O) groups is 3. The Labute approximate surface area is 74.8 Å². The molecule has 0 aromatic heterocycles. The average molecular weight is 186 g/mol. The number of esters is 1. The summed E-state index contributed by atoms with van der Waals surface area (Å²) in [4.78, 5) is 33.9. The smallest absolute Gasteiger partial charge is 0.325 e. The van der Waals surface area contributed by atoms with Crippen molar-refractivity contribution >= 4 is 17.8 Å². The molecule has 1 heterocycles. The maximum atomic E-state index is 11.1. The van der Waals surface area contributed by atoms with Crippen LogP contribution >= 0.6 is 0 Å². The first-order chi connectivity index (χ1) is 6.15. The summed E-state index contributed by atoms with van der Waals surface area (Å²) in [5.74, 6) is -1.40. The zero-order valence-corrected chi connectivity index (χ0v) is 7.20. The van der Waals surface area contributed by atoms with Gasteiger partial charge in [-0.25, -0.2) is 0 Å². The van der Waals surface area contributed by atoms with E-state index in [0.717, 1.165) is 4.90 Å². The molecule has 6 heteroatoms. The van der Waals surface area contributed by atoms with E-state index < -0.39 is 17.8 Å². The van der Waals surface area contributed by atoms with Crippen LogP contribution in [0.5, 0.6) is 0 Å². The van der Waals surface area contributed by atoms with Crippen LogP contribution in [0.25, 0.3) is 0 Å². The van der Waals surface area contributed by atoms with Gasteiger partial charge in [-0.15, -0.1) is 0 Å². The van der Waals surface area contributed by atoms with Crippen LogP contribution in [0.2, 0.25) is 0 Å². The van der Waals surface area contributed by atoms with Crippen LogP contribution in [0.1, 0.15) is 0 Å². The van der Waals surface area contributed by atoms with E-state index >= 15 is 0 Å². The van der Waals surface area contributed by atoms with E-state index in [4.69, 9.17) is 0 Å². The van der Waals surface area contributed by atoms with Crippen molar-refractivity contribution in [3.8, 4) is 0 Å². The predicted octanol–water partition coefficient (Wildman–Crippen LogP) is -1.88. The molecule has 0 aromatic carbocycles. The zero-order chi connectivity index (χ0) is 9.84. The second kappa shape index (κ2) is 3.99. The van der Waals surface area contributed by atoms with Crippen molar-refractivity contribution in [2.75, 3.05) is 26.7 Å². The summed E-state index contributed by atoms with van der Waals surface area (Å²) in [7, 11) is 1.21. The van der Waals surface area contributed by atoms with Gasteiger partial charge in [0, 0.05) is 0 Å². The first-order valence-electron chi connectivity index (χ1n) is 3.76. The molecule has 1 aliphatic rings. The van der Waals surface area contributed by atoms with E-state index in [-0.39, 0.29) is 19.6 Å². The van der Waals surface area contributed by atoms with Gasteiger partial charge in [0.15, 0.2) is 0 Å². The van der Waals surface area contributed by atoms with E-state index in [1.54, 1.807) is 0 Å². The maximum Gasteiger partial charge on any atom is 0.325 e. The van der Waals surface area contributed by atoms with Gasteiger partial charge in [-0.1, -0.05) is 0 Å². The van der Waals surface area contributed by atoms with Crippen LogP contribution in [0, 0.1) is 0 Å². The maximum absolute atomic E-state index is 11.1. The van der Waals surface area contributed by atoms with Gasteiger partial charge < -0.3 is 4.74 Å². The quantitative estimate of drug-likeness (QED) is 0.403. The molecular formula is C7H10N2O4. The van der Waals surface area contributed by atoms with Gasteiger partial charge in [-0.3, -0.25) is 24.6 Å². The van der Waals surface area contributed by atoms with Crippen molar-refractivity contribution in [2.45, 2.75) is 0 Å². The van der Waals surface area contributed by atoms with Crippen LogP contribution in [-0.2, 0) is 19.1 Å². The molecular weight excluding hydrogens is 176 g/mol. The number of imide groups is 1. The van der Waals surface area contributed by atoms with Gasteiger partial charge in [0.2, 0.25) is 11.8 Å². The highest BCUT2D eigenvalue weighted by Gasteiger charge is 2.27. The number of piperazine rings is 1. The van der Waals surface area contributed by atoms with Crippen LogP contribution in [0.3, 0.4) is 0 Å². The second-order valence-corrected chi connectivity index (χ2v) is 2.55. The third-order valence-corrected chi connectivity index (χ3v) is 1.67. The fourth-order valence-electron chi connectivity index (χ4n) is 0.976. The zero-order valence-electron chi connectivity index (χ0n) is 7.20. The molecule has 0 radical (unpaired) electrons. The average Bonchev–Trinajstić information content (AvgIpc) is 2.11. The molecule has 0 spiro atoms. The van der Waals surface area contributed by atoms with Gasteiger partial charge in [-0.2, -0.15) is 0 Å². The summed E-state index contributed by atoms with van der Waals surface area (Å²) in [5, 5.41) is 2.61. The van der Waals surface area contributed by atoms with Gasteiger partial charge in [0.25, 0.3) is 0 Å². The number of carbonyl (C=O) groups excluding carboxylic acids is 3. The topological polar surface area (TPSA) is 75.7 Å². The minimum atomic E-state index is -0.594. The molecule has 1 fully saturated rings. The summed E-state index contributed by atoms with van der Waals surface area (Å²) >= 11 is 0. The molecule has 0 unspecified atom stereocenters. The lowest BCUT2D eigenvalue weighted by atomic mass is 10.3. The van der Waals surface area contributed by atoms with Crippen LogP contribution in [0.15, 0.2) is 0 Å². The molecule has 0 atom stereocenters. The third-order valence-electron chi connectivity index (χ3n) is 1.67. The molecule has 1 N–H and O–H groups in total. The normalized spacial score (nSPS) is 17.5. The first-order valence-corrected chi connectivity index (χ1v) is 3.76. The third kappa shape index (κ3) is 2.25. The van der Waals surface area contributed by atoms with E-state index in [0.29, 0.717) is 0 Å². The van der Waals surface area contributed by atoms with Crippen molar-refractivity contribution in [3.63, 3.8) is 0 Å². The number of hydrogen-bond acceptors (Lipinski definition) is 5. The highest BCUT2D eigenvalue weighted by molar-refractivity contribution is 6.01. The molecule has 0 aromatic rings. The lowest BCUT2D eigenvalue weighted by Gasteiger charge is -2.23. The minimum absolute atomic E-state index is 0.0860. The second-order valence-electron chi connectivity index (χ2n) is 2.55. The summed E-state index contributed by atoms with van der Waals surface area (Å²) in [6, 6.07) is 0. The van der Waals surface area contributed by atoms with Gasteiger partial charge >= 0.3 is 5.97 Å². The lowest BCUT2D eigenvalue weighted by molar-refractivity contribution is -0.155. The summed E-state index contributed by atoms with van der Waals surface area (Å²) < 4.78 is 4.34. The number of hydrogen-bond donors (Lipinski definition) is 1. The number of methoxy groups -OCH3 is 1. The predicted molar refractivity (Wildman–Crippen MR) is 41.6 cm³/mol. The molecule has 1 rings (SSSR count). The largest absolute Gasteiger partial charge is 0.468 e. The van der Waals surface area contributed by atoms with Crippen molar-refractivity contribution in [1.82, 2.24) is 10.2 Å². The molecule has 13 heavy (non-hydrogen) atoms. The lowest BCUT2D eigenvalue weighted by Crippen LogP contribution is -2.53. The summed E-state index contributed by atoms with van der Waals surface area (Å²) in [6.07, 6.45) is 0. The Morgan fingerprint density at radius 1 is 1.46 bits per heavy atom. The molecule has 2 amide bonds. The molecule has 0 bridgehead atoms. The van der Waals surface area contributed by atoms with Crippen molar-refractivity contribution in [3.05, 3.63) is 0 Å². The van der Waals surface area contributed by atoms with Crippen molar-refractivity contribution < 1.29 is 19.1 Å². The van der Waals surface area contributed by atoms with Crippen LogP contribution in [-0.4, -0.2) is 49.4 Å². The minimum Gasteiger partial charge on any atom is -0.468 e. The number of nitrogens with one attached hydrogen (secondary N) is 1. The highest BCUT2D eigenvalue weighted by Crippen LogP contribution is 1.96. The number of ether oxygens (including phenoxy) is 1. The van der Waals surface area contributed by atoms with E-state index in [1.165, 1.54) is 7.11 Å². The summed E-state index contributed by atoms with van der Waals surface area (Å²) in [6.45, 7) is -0.124. The SMILES string of the molecule is COC(=O)CN1C(=O)CNCC1=O. The number of amides is 2. The Bertz CT molecular complexity index is 235. The monoisotopic (exact) mass is 186 g/mol. The fourth-order valence-corrected chi connectivity index (χ4v) is 0.976. The van der Waals surface area contributed by atoms with Gasteiger partial charge in [0.1, 0.15) is 6.54 Å². The van der Waals surface area contributed by atoms with Gasteiger partial charge in [-0.05, 0) is 0 Å². The van der Waals surface area contributed by atoms with E-state index in [1.807, 2.05) is 0 Å². The molecule has 6 nitrogen and oxygen atoms in total.